The second-order valence-corrected chi connectivity index (χ2v) is 7.88. The minimum Gasteiger partial charge on any atom is -0.457 e. The molecule has 1 aromatic carbocycles. The Bertz CT molecular complexity index is 1140. The smallest absolute Gasteiger partial charge is 0.306 e. The van der Waals surface area contributed by atoms with Gasteiger partial charge in [0.25, 0.3) is 0 Å². The van der Waals surface area contributed by atoms with E-state index in [1.54, 1.807) is 6.20 Å². The average Bonchev–Trinajstić information content (AvgIpc) is 3.14. The third kappa shape index (κ3) is 5.30. The van der Waals surface area contributed by atoms with Crippen molar-refractivity contribution < 1.29 is 14.3 Å². The fourth-order valence-corrected chi connectivity index (χ4v) is 3.97. The first-order valence-electron chi connectivity index (χ1n) is 9.96. The highest BCUT2D eigenvalue weighted by molar-refractivity contribution is 7.98. The predicted octanol–water partition coefficient (Wildman–Crippen LogP) is 4.04. The third-order valence-electron chi connectivity index (χ3n) is 5.08. The predicted molar refractivity (Wildman–Crippen MR) is 119 cm³/mol. The number of hydrogen-bond acceptors (Lipinski definition) is 7. The molecule has 0 spiro atoms. The quantitative estimate of drug-likeness (QED) is 0.216. The van der Waals surface area contributed by atoms with E-state index in [1.165, 1.54) is 11.8 Å². The second kappa shape index (κ2) is 10.2. The van der Waals surface area contributed by atoms with Crippen molar-refractivity contribution in [3.8, 4) is 6.07 Å². The molecule has 0 unspecified atom stereocenters. The number of para-hydroxylation sites is 1. The number of aryl methyl sites for hydroxylation is 3. The van der Waals surface area contributed by atoms with Gasteiger partial charge in [0.1, 0.15) is 0 Å². The molecule has 0 saturated carbocycles. The second-order valence-electron chi connectivity index (χ2n) is 7.10. The zero-order valence-electron chi connectivity index (χ0n) is 17.8. The van der Waals surface area contributed by atoms with Crippen LogP contribution in [0.5, 0.6) is 0 Å². The van der Waals surface area contributed by atoms with Crippen LogP contribution in [0.3, 0.4) is 0 Å². The molecule has 0 aliphatic carbocycles. The molecule has 160 valence electrons. The standard InChI is InChI=1S/C23H24N4O3S/c1-15-17(16(2)26-23(25-15)31-3)9-10-22(29)30-14-21(28)19-13-27(12-6-11-24)20-8-5-4-7-18(19)20/h4-5,7-8,13H,6,9-10,12,14H2,1-3H3. The molecule has 2 heterocycles. The van der Waals surface area contributed by atoms with Crippen molar-refractivity contribution in [3.63, 3.8) is 0 Å². The summed E-state index contributed by atoms with van der Waals surface area (Å²) in [6, 6.07) is 9.63. The molecule has 7 nitrogen and oxygen atoms in total. The van der Waals surface area contributed by atoms with Gasteiger partial charge < -0.3 is 9.30 Å². The lowest BCUT2D eigenvalue weighted by molar-refractivity contribution is -0.142. The molecule has 0 N–H and O–H groups in total. The van der Waals surface area contributed by atoms with Crippen LogP contribution in [0.15, 0.2) is 35.6 Å². The van der Waals surface area contributed by atoms with Crippen LogP contribution in [-0.2, 0) is 22.5 Å². The van der Waals surface area contributed by atoms with Gasteiger partial charge in [-0.25, -0.2) is 9.97 Å². The first-order valence-corrected chi connectivity index (χ1v) is 11.2. The van der Waals surface area contributed by atoms with Crippen LogP contribution in [0.4, 0.5) is 0 Å². The van der Waals surface area contributed by atoms with E-state index in [0.29, 0.717) is 30.1 Å². The van der Waals surface area contributed by atoms with E-state index in [-0.39, 0.29) is 18.8 Å². The Morgan fingerprint density at radius 3 is 2.58 bits per heavy atom. The van der Waals surface area contributed by atoms with Gasteiger partial charge in [-0.05, 0) is 38.2 Å². The molecule has 8 heteroatoms. The molecule has 0 amide bonds. The number of ether oxygens (including phenoxy) is 1. The Kier molecular flexibility index (Phi) is 7.42. The SMILES string of the molecule is CSc1nc(C)c(CCC(=O)OCC(=O)c2cn(CCC#N)c3ccccc23)c(C)n1. The number of rotatable bonds is 9. The maximum atomic E-state index is 12.7. The largest absolute Gasteiger partial charge is 0.457 e. The number of carbonyl (C=O) groups excluding carboxylic acids is 2. The number of benzene rings is 1. The highest BCUT2D eigenvalue weighted by Gasteiger charge is 2.17. The van der Waals surface area contributed by atoms with Crippen LogP contribution in [0.1, 0.15) is 40.2 Å². The van der Waals surface area contributed by atoms with Crippen LogP contribution < -0.4 is 0 Å². The molecule has 3 aromatic rings. The van der Waals surface area contributed by atoms with Gasteiger partial charge in [0.2, 0.25) is 5.78 Å². The van der Waals surface area contributed by atoms with E-state index in [9.17, 15) is 9.59 Å². The summed E-state index contributed by atoms with van der Waals surface area (Å²) in [5.74, 6) is -0.699. The Morgan fingerprint density at radius 2 is 1.90 bits per heavy atom. The first-order chi connectivity index (χ1) is 14.9. The number of nitrogens with zero attached hydrogens (tertiary/aromatic N) is 4. The van der Waals surface area contributed by atoms with E-state index in [2.05, 4.69) is 16.0 Å². The lowest BCUT2D eigenvalue weighted by Gasteiger charge is -2.10. The maximum Gasteiger partial charge on any atom is 0.306 e. The summed E-state index contributed by atoms with van der Waals surface area (Å²) in [7, 11) is 0. The monoisotopic (exact) mass is 436 g/mol. The number of carbonyl (C=O) groups is 2. The summed E-state index contributed by atoms with van der Waals surface area (Å²) in [4.78, 5) is 33.8. The van der Waals surface area contributed by atoms with Crippen molar-refractivity contribution in [2.24, 2.45) is 0 Å². The van der Waals surface area contributed by atoms with E-state index in [4.69, 9.17) is 10.00 Å². The number of thioether (sulfide) groups is 1. The minimum absolute atomic E-state index is 0.154. The Balaban J connectivity index is 1.62. The number of hydrogen-bond donors (Lipinski definition) is 0. The number of esters is 1. The number of ketones is 1. The Morgan fingerprint density at radius 1 is 1.19 bits per heavy atom. The number of nitriles is 1. The maximum absolute atomic E-state index is 12.7. The van der Waals surface area contributed by atoms with Gasteiger partial charge in [0.05, 0.1) is 12.5 Å². The van der Waals surface area contributed by atoms with Crippen LogP contribution in [0.2, 0.25) is 0 Å². The summed E-state index contributed by atoms with van der Waals surface area (Å²) in [6.07, 6.45) is 4.62. The van der Waals surface area contributed by atoms with Crippen molar-refractivity contribution in [1.82, 2.24) is 14.5 Å². The molecule has 0 saturated heterocycles. The molecule has 0 bridgehead atoms. The fraction of sp³-hybridized carbons (Fsp3) is 0.348. The highest BCUT2D eigenvalue weighted by Crippen LogP contribution is 2.22. The molecule has 0 radical (unpaired) electrons. The zero-order valence-corrected chi connectivity index (χ0v) is 18.7. The van der Waals surface area contributed by atoms with E-state index < -0.39 is 5.97 Å². The minimum atomic E-state index is -0.436. The fourth-order valence-electron chi connectivity index (χ4n) is 3.51. The molecule has 31 heavy (non-hydrogen) atoms. The Hall–Kier alpha value is -3.18. The molecule has 0 atom stereocenters. The van der Waals surface area contributed by atoms with Crippen LogP contribution in [0.25, 0.3) is 10.9 Å². The van der Waals surface area contributed by atoms with Gasteiger partial charge in [0.15, 0.2) is 11.8 Å². The third-order valence-corrected chi connectivity index (χ3v) is 5.63. The average molecular weight is 437 g/mol. The van der Waals surface area contributed by atoms with E-state index in [0.717, 1.165) is 27.9 Å². The lowest BCUT2D eigenvalue weighted by atomic mass is 10.1. The summed E-state index contributed by atoms with van der Waals surface area (Å²) < 4.78 is 7.14. The molecule has 0 aliphatic heterocycles. The normalized spacial score (nSPS) is 10.8. The number of Topliss-reactive ketones (excluding diaryl/α,β-unsaturated/α-hetero) is 1. The molecule has 0 aliphatic rings. The first kappa shape index (κ1) is 22.5. The van der Waals surface area contributed by atoms with E-state index in [1.807, 2.05) is 48.9 Å². The Labute approximate surface area is 185 Å². The highest BCUT2D eigenvalue weighted by atomic mass is 32.2. The number of fused-ring (bicyclic) bond motifs is 1. The van der Waals surface area contributed by atoms with Crippen molar-refractivity contribution in [3.05, 3.63) is 53.0 Å². The van der Waals surface area contributed by atoms with Crippen molar-refractivity contribution in [2.45, 2.75) is 44.8 Å². The number of aromatic nitrogens is 3. The van der Waals surface area contributed by atoms with Gasteiger partial charge in [-0.15, -0.1) is 0 Å². The van der Waals surface area contributed by atoms with Crippen molar-refractivity contribution >= 4 is 34.4 Å². The van der Waals surface area contributed by atoms with Crippen LogP contribution in [-0.4, -0.2) is 39.2 Å². The van der Waals surface area contributed by atoms with Crippen molar-refractivity contribution in [1.29, 1.82) is 5.26 Å². The topological polar surface area (TPSA) is 97.9 Å². The summed E-state index contributed by atoms with van der Waals surface area (Å²) in [5, 5.41) is 10.4. The van der Waals surface area contributed by atoms with Gasteiger partial charge >= 0.3 is 5.97 Å². The van der Waals surface area contributed by atoms with Gasteiger partial charge in [-0.3, -0.25) is 9.59 Å². The zero-order chi connectivity index (χ0) is 22.4. The van der Waals surface area contributed by atoms with E-state index >= 15 is 0 Å². The molecular weight excluding hydrogens is 412 g/mol. The molecular formula is C23H24N4O3S. The van der Waals surface area contributed by atoms with Gasteiger partial charge in [0, 0.05) is 47.0 Å². The molecule has 3 rings (SSSR count). The summed E-state index contributed by atoms with van der Waals surface area (Å²) >= 11 is 1.48. The van der Waals surface area contributed by atoms with Crippen LogP contribution >= 0.6 is 11.8 Å². The van der Waals surface area contributed by atoms with Crippen LogP contribution in [0, 0.1) is 25.2 Å². The lowest BCUT2D eigenvalue weighted by Crippen LogP contribution is -2.15. The van der Waals surface area contributed by atoms with Crippen molar-refractivity contribution in [2.75, 3.05) is 12.9 Å². The summed E-state index contributed by atoms with van der Waals surface area (Å²) in [6.45, 7) is 3.99. The molecule has 0 fully saturated rings. The summed E-state index contributed by atoms with van der Waals surface area (Å²) in [5.41, 5.74) is 4.01. The van der Waals surface area contributed by atoms with Gasteiger partial charge in [-0.2, -0.15) is 5.26 Å². The van der Waals surface area contributed by atoms with Gasteiger partial charge in [-0.1, -0.05) is 30.0 Å². The molecule has 2 aromatic heterocycles.